The normalized spacial score (nSPS) is 15.7. The van der Waals surface area contributed by atoms with Crippen LogP contribution in [0.25, 0.3) is 11.0 Å². The zero-order valence-corrected chi connectivity index (χ0v) is 49.4. The molecule has 2 heterocycles. The van der Waals surface area contributed by atoms with Gasteiger partial charge in [-0.25, -0.2) is 9.78 Å². The molecule has 3 rings (SSSR count). The van der Waals surface area contributed by atoms with Crippen LogP contribution in [-0.4, -0.2) is 239 Å². The summed E-state index contributed by atoms with van der Waals surface area (Å²) in [6.45, 7) is -2.07. The number of hydrogen-bond donors (Lipinski definition) is 21. The van der Waals surface area contributed by atoms with Crippen molar-refractivity contribution in [2.24, 2.45) is 11.8 Å². The number of carbonyl (C=O) groups is 11. The number of ketones is 3. The van der Waals surface area contributed by atoms with Gasteiger partial charge in [-0.15, -0.1) is 0 Å². The van der Waals surface area contributed by atoms with Gasteiger partial charge >= 0.3 is 17.9 Å². The number of aliphatic hydroxyl groups is 10. The van der Waals surface area contributed by atoms with Gasteiger partial charge in [0.25, 0.3) is 11.5 Å². The highest BCUT2D eigenvalue weighted by Gasteiger charge is 2.35. The molecule has 0 radical (unpaired) electrons. The standard InChI is InChI=1S/C56H80N10O25/c1-2-36(70)32(11-15-45(78)79)63-54(88)28(6-14-44(77)61-23-39(73)49(83)51(85)41(75)25-68)18-37(71)33(12-16-46(80)81)64-53(87)27(5-13-43(76)60-22-38(72)48(82)50(84)40(74)24-67)17-31(69)9-10-34(56(90)91)65-52(86)26-3-7-29(8-4-26)58-20-30-21-59-35-19-42(57)66-55(89)47(35)62-30/h3-4,7-8,19,21,27-28,32-34,38-41,48-51,58,67-68,72-75,82-85H,2,5-6,9-18,20,22-25H2,1H3,(H,60,76)(H,61,77)(H,63,88)(H,64,87)(H,65,86)(H,78,79)(H,80,81)(H,90,91)(H3,57,66,89)/t27-,28-,32+,33+,34+,38+,39+,40-,41-,48-,49-,50-,51-/m1/s1. The monoisotopic (exact) mass is 1290 g/mol. The van der Waals surface area contributed by atoms with E-state index in [-0.39, 0.29) is 35.4 Å². The summed E-state index contributed by atoms with van der Waals surface area (Å²) in [4.78, 5) is 168. The van der Waals surface area contributed by atoms with Crippen molar-refractivity contribution in [3.63, 3.8) is 0 Å². The molecule has 35 heteroatoms. The van der Waals surface area contributed by atoms with Crippen molar-refractivity contribution < 1.29 is 119 Å². The summed E-state index contributed by atoms with van der Waals surface area (Å²) < 4.78 is 0. The SMILES string of the molecule is CCC(=O)[C@H](CCC(=O)O)NC(=O)[C@H](CCC(=O)NC[C@H](O)[C@@H](O)[C@H](O)[C@H](O)CO)CC(=O)[C@H](CCC(=O)O)NC(=O)[C@H](CCC(=O)NC[C@H](O)[C@@H](O)[C@H](O)[C@H](O)CO)CC(=O)CC[C@H](NC(=O)c1ccc(NCc2cnc3cc(N)[nH]c(=O)c3n2)cc1)C(=O)O. The molecular formula is C56H80N10O25. The van der Waals surface area contributed by atoms with Crippen LogP contribution in [0.3, 0.4) is 0 Å². The van der Waals surface area contributed by atoms with Crippen molar-refractivity contribution in [2.75, 3.05) is 37.4 Å². The number of Topliss-reactive ketones (excluding diaryl/α,β-unsaturated/α-hetero) is 3. The Bertz CT molecular complexity index is 3040. The Morgan fingerprint density at radius 2 is 1.05 bits per heavy atom. The average molecular weight is 1290 g/mol. The molecule has 5 amide bonds. The highest BCUT2D eigenvalue weighted by atomic mass is 16.4. The number of pyridine rings is 1. The number of aliphatic hydroxyl groups excluding tert-OH is 10. The molecule has 35 nitrogen and oxygen atoms in total. The minimum absolute atomic E-state index is 0.0194. The Morgan fingerprint density at radius 3 is 1.53 bits per heavy atom. The van der Waals surface area contributed by atoms with Gasteiger partial charge in [-0.1, -0.05) is 6.92 Å². The van der Waals surface area contributed by atoms with Crippen molar-refractivity contribution in [2.45, 2.75) is 164 Å². The lowest BCUT2D eigenvalue weighted by Crippen LogP contribution is -2.49. The van der Waals surface area contributed by atoms with E-state index < -0.39 is 252 Å². The highest BCUT2D eigenvalue weighted by Crippen LogP contribution is 2.21. The van der Waals surface area contributed by atoms with E-state index in [0.717, 1.165) is 0 Å². The number of H-pyrrole nitrogens is 1. The first-order valence-corrected chi connectivity index (χ1v) is 28.7. The van der Waals surface area contributed by atoms with Crippen LogP contribution in [-0.2, 0) is 54.5 Å². The molecule has 91 heavy (non-hydrogen) atoms. The molecule has 0 saturated carbocycles. The molecule has 0 unspecified atom stereocenters. The molecule has 0 aliphatic heterocycles. The first-order valence-electron chi connectivity index (χ1n) is 28.7. The van der Waals surface area contributed by atoms with Crippen LogP contribution in [0.1, 0.15) is 106 Å². The van der Waals surface area contributed by atoms with E-state index in [4.69, 9.17) is 15.9 Å². The van der Waals surface area contributed by atoms with Crippen LogP contribution >= 0.6 is 0 Å². The number of carboxylic acids is 3. The van der Waals surface area contributed by atoms with Gasteiger partial charge in [0.15, 0.2) is 17.1 Å². The van der Waals surface area contributed by atoms with Gasteiger partial charge in [-0.2, -0.15) is 0 Å². The number of benzene rings is 1. The molecule has 22 N–H and O–H groups in total. The molecule has 13 atom stereocenters. The van der Waals surface area contributed by atoms with Crippen LogP contribution in [0.5, 0.6) is 0 Å². The van der Waals surface area contributed by atoms with Gasteiger partial charge in [0.2, 0.25) is 23.6 Å². The van der Waals surface area contributed by atoms with E-state index >= 15 is 0 Å². The molecule has 0 aliphatic carbocycles. The molecule has 0 bridgehead atoms. The van der Waals surface area contributed by atoms with Gasteiger partial charge < -0.3 is 109 Å². The van der Waals surface area contributed by atoms with Crippen molar-refractivity contribution in [3.8, 4) is 0 Å². The van der Waals surface area contributed by atoms with Gasteiger partial charge in [0.05, 0.1) is 61.5 Å². The minimum atomic E-state index is -2.10. The maximum absolute atomic E-state index is 14.3. The Hall–Kier alpha value is -8.52. The quantitative estimate of drug-likeness (QED) is 0.0251. The first-order chi connectivity index (χ1) is 42.9. The highest BCUT2D eigenvalue weighted by molar-refractivity contribution is 5.98. The summed E-state index contributed by atoms with van der Waals surface area (Å²) in [6.07, 6.45) is -22.8. The predicted molar refractivity (Wildman–Crippen MR) is 312 cm³/mol. The van der Waals surface area contributed by atoms with Gasteiger partial charge in [0, 0.05) is 93.6 Å². The zero-order chi connectivity index (χ0) is 68.2. The third-order valence-corrected chi connectivity index (χ3v) is 14.4. The molecular weight excluding hydrogens is 1210 g/mol. The number of rotatable bonds is 44. The number of aromatic nitrogens is 3. The number of aromatic amines is 1. The molecule has 2 aromatic heterocycles. The van der Waals surface area contributed by atoms with E-state index in [1.165, 1.54) is 43.5 Å². The van der Waals surface area contributed by atoms with Gasteiger partial charge in [-0.3, -0.25) is 57.7 Å². The number of nitrogen functional groups attached to an aromatic ring is 1. The first kappa shape index (κ1) is 76.7. The summed E-state index contributed by atoms with van der Waals surface area (Å²) in [5.41, 5.74) is 6.25. The van der Waals surface area contributed by atoms with E-state index in [0.29, 0.717) is 11.4 Å². The maximum Gasteiger partial charge on any atom is 0.326 e. The van der Waals surface area contributed by atoms with Crippen molar-refractivity contribution in [3.05, 3.63) is 58.1 Å². The second kappa shape index (κ2) is 38.2. The van der Waals surface area contributed by atoms with Crippen LogP contribution in [0.2, 0.25) is 0 Å². The summed E-state index contributed by atoms with van der Waals surface area (Å²) in [7, 11) is 0. The summed E-state index contributed by atoms with van der Waals surface area (Å²) >= 11 is 0. The number of nitrogens with two attached hydrogens (primary N) is 1. The van der Waals surface area contributed by atoms with E-state index in [2.05, 4.69) is 46.9 Å². The van der Waals surface area contributed by atoms with E-state index in [1.54, 1.807) is 0 Å². The molecule has 1 aromatic carbocycles. The topological polar surface area (TPSA) is 608 Å². The minimum Gasteiger partial charge on any atom is -0.481 e. The lowest BCUT2D eigenvalue weighted by atomic mass is 9.89. The Morgan fingerprint density at radius 1 is 0.582 bits per heavy atom. The lowest BCUT2D eigenvalue weighted by Gasteiger charge is -2.26. The molecule has 504 valence electrons. The number of anilines is 2. The Balaban J connectivity index is 1.88. The van der Waals surface area contributed by atoms with Crippen molar-refractivity contribution in [1.29, 1.82) is 0 Å². The van der Waals surface area contributed by atoms with Crippen molar-refractivity contribution in [1.82, 2.24) is 41.5 Å². The molecule has 0 saturated heterocycles. The maximum atomic E-state index is 14.3. The van der Waals surface area contributed by atoms with Crippen LogP contribution in [0.15, 0.2) is 41.3 Å². The number of carbonyl (C=O) groups excluding carboxylic acids is 8. The van der Waals surface area contributed by atoms with Crippen LogP contribution in [0.4, 0.5) is 11.5 Å². The smallest absolute Gasteiger partial charge is 0.326 e. The van der Waals surface area contributed by atoms with Crippen LogP contribution < -0.4 is 43.2 Å². The van der Waals surface area contributed by atoms with Gasteiger partial charge in [-0.05, 0) is 56.4 Å². The number of amides is 5. The molecule has 0 fully saturated rings. The zero-order valence-electron chi connectivity index (χ0n) is 49.4. The summed E-state index contributed by atoms with van der Waals surface area (Å²) in [5.74, 6) is -15.2. The number of fused-ring (bicyclic) bond motifs is 1. The number of hydrogen-bond acceptors (Lipinski definition) is 26. The summed E-state index contributed by atoms with van der Waals surface area (Å²) in [6, 6.07) is 2.11. The fourth-order valence-electron chi connectivity index (χ4n) is 8.90. The van der Waals surface area contributed by atoms with Crippen molar-refractivity contribution >= 4 is 87.3 Å². The Labute approximate surface area is 517 Å². The number of nitrogens with one attached hydrogen (secondary N) is 7. The third-order valence-electron chi connectivity index (χ3n) is 14.4. The second-order valence-corrected chi connectivity index (χ2v) is 21.4. The second-order valence-electron chi connectivity index (χ2n) is 21.4. The fraction of sp³-hybridized carbons (Fsp3) is 0.571. The average Bonchev–Trinajstić information content (AvgIpc) is 2.34. The number of carboxylic acid groups (broad SMARTS) is 3. The molecule has 3 aromatic rings. The molecule has 0 spiro atoms. The molecule has 0 aliphatic rings. The van der Waals surface area contributed by atoms with Gasteiger partial charge in [0.1, 0.15) is 54.3 Å². The fourth-order valence-corrected chi connectivity index (χ4v) is 8.90. The third kappa shape index (κ3) is 26.1. The lowest BCUT2D eigenvalue weighted by molar-refractivity contribution is -0.140. The Kier molecular flexibility index (Phi) is 32.2. The van der Waals surface area contributed by atoms with E-state index in [1.807, 2.05) is 0 Å². The summed E-state index contributed by atoms with van der Waals surface area (Å²) in [5, 5.41) is 142. The van der Waals surface area contributed by atoms with Crippen LogP contribution in [0, 0.1) is 11.8 Å². The largest absolute Gasteiger partial charge is 0.481 e. The number of nitrogens with zero attached hydrogens (tertiary/aromatic N) is 2. The predicted octanol–water partition coefficient (Wildman–Crippen LogP) is -6.03. The van der Waals surface area contributed by atoms with E-state index in [9.17, 15) is 114 Å². The number of aliphatic carboxylic acids is 3.